The highest BCUT2D eigenvalue weighted by Crippen LogP contribution is 2.26. The molecular formula is C15H21N3O2S. The minimum Gasteiger partial charge on any atom is -0.397 e. The summed E-state index contributed by atoms with van der Waals surface area (Å²) < 4.78 is 5.71. The summed E-state index contributed by atoms with van der Waals surface area (Å²) in [5.74, 6) is 2.04. The molecule has 0 saturated carbocycles. The van der Waals surface area contributed by atoms with Gasteiger partial charge in [0, 0.05) is 31.1 Å². The molecule has 21 heavy (non-hydrogen) atoms. The number of hydrogen-bond donors (Lipinski definition) is 1. The number of carbonyl (C=O) groups excluding carboxylic acids is 1. The zero-order valence-corrected chi connectivity index (χ0v) is 12.8. The molecule has 0 bridgehead atoms. The van der Waals surface area contributed by atoms with E-state index in [1.165, 1.54) is 0 Å². The summed E-state index contributed by atoms with van der Waals surface area (Å²) in [6.45, 7) is 1.46. The number of ether oxygens (including phenoxy) is 1. The molecule has 2 unspecified atom stereocenters. The Kier molecular flexibility index (Phi) is 4.65. The number of carbonyl (C=O) groups is 1. The van der Waals surface area contributed by atoms with Crippen LogP contribution in [0.1, 0.15) is 29.8 Å². The van der Waals surface area contributed by atoms with E-state index in [0.29, 0.717) is 17.9 Å². The molecule has 1 amide bonds. The molecule has 3 heterocycles. The highest BCUT2D eigenvalue weighted by molar-refractivity contribution is 7.99. The Morgan fingerprint density at radius 2 is 2.43 bits per heavy atom. The van der Waals surface area contributed by atoms with Crippen LogP contribution in [-0.4, -0.2) is 52.6 Å². The highest BCUT2D eigenvalue weighted by atomic mass is 32.2. The smallest absolute Gasteiger partial charge is 0.274 e. The van der Waals surface area contributed by atoms with Crippen LogP contribution in [-0.2, 0) is 4.74 Å². The van der Waals surface area contributed by atoms with Crippen LogP contribution >= 0.6 is 11.8 Å². The molecule has 1 aromatic heterocycles. The Hall–Kier alpha value is -1.27. The summed E-state index contributed by atoms with van der Waals surface area (Å²) in [6, 6.07) is 3.75. The standard InChI is InChI=1S/C15H21N3O2S/c16-13-4-1-6-17-14(13)15(19)18(11-5-8-21-10-11)9-12-3-2-7-20-12/h1,4,6,11-12H,2-3,5,7-10,16H2. The SMILES string of the molecule is Nc1cccnc1C(=O)N(CC1CCCO1)C1CCSC1. The number of rotatable bonds is 4. The second kappa shape index (κ2) is 6.66. The average molecular weight is 307 g/mol. The van der Waals surface area contributed by atoms with E-state index in [0.717, 1.165) is 37.4 Å². The van der Waals surface area contributed by atoms with Gasteiger partial charge in [-0.1, -0.05) is 0 Å². The molecule has 0 spiro atoms. The zero-order valence-electron chi connectivity index (χ0n) is 12.0. The van der Waals surface area contributed by atoms with Gasteiger partial charge in [0.05, 0.1) is 11.8 Å². The maximum absolute atomic E-state index is 12.9. The fraction of sp³-hybridized carbons (Fsp3) is 0.600. The summed E-state index contributed by atoms with van der Waals surface area (Å²) in [5.41, 5.74) is 6.74. The van der Waals surface area contributed by atoms with Gasteiger partial charge in [0.25, 0.3) is 5.91 Å². The Bertz CT molecular complexity index is 499. The van der Waals surface area contributed by atoms with Crippen LogP contribution in [0.3, 0.4) is 0 Å². The highest BCUT2D eigenvalue weighted by Gasteiger charge is 2.32. The van der Waals surface area contributed by atoms with Gasteiger partial charge in [0.15, 0.2) is 5.69 Å². The topological polar surface area (TPSA) is 68.5 Å². The molecule has 114 valence electrons. The van der Waals surface area contributed by atoms with Crippen LogP contribution in [0.5, 0.6) is 0 Å². The number of pyridine rings is 1. The number of amides is 1. The Labute approximate surface area is 129 Å². The second-order valence-electron chi connectivity index (χ2n) is 5.55. The lowest BCUT2D eigenvalue weighted by Gasteiger charge is -2.30. The summed E-state index contributed by atoms with van der Waals surface area (Å²) in [6.07, 6.45) is 4.93. The lowest BCUT2D eigenvalue weighted by atomic mass is 10.1. The van der Waals surface area contributed by atoms with E-state index in [1.54, 1.807) is 18.3 Å². The zero-order chi connectivity index (χ0) is 14.7. The molecule has 2 aliphatic rings. The van der Waals surface area contributed by atoms with Crippen molar-refractivity contribution in [1.29, 1.82) is 0 Å². The first kappa shape index (κ1) is 14.7. The van der Waals surface area contributed by atoms with Crippen molar-refractivity contribution in [1.82, 2.24) is 9.88 Å². The number of nitrogens with zero attached hydrogens (tertiary/aromatic N) is 2. The number of nitrogen functional groups attached to an aromatic ring is 1. The molecule has 6 heteroatoms. The summed E-state index contributed by atoms with van der Waals surface area (Å²) in [5, 5.41) is 0. The molecule has 3 rings (SSSR count). The van der Waals surface area contributed by atoms with Gasteiger partial charge in [0.2, 0.25) is 0 Å². The van der Waals surface area contributed by atoms with Crippen molar-refractivity contribution >= 4 is 23.4 Å². The number of nitrogens with two attached hydrogens (primary N) is 1. The van der Waals surface area contributed by atoms with Crippen LogP contribution in [0.2, 0.25) is 0 Å². The number of aromatic nitrogens is 1. The fourth-order valence-electron chi connectivity index (χ4n) is 2.91. The van der Waals surface area contributed by atoms with E-state index in [4.69, 9.17) is 10.5 Å². The van der Waals surface area contributed by atoms with Gasteiger partial charge in [-0.3, -0.25) is 4.79 Å². The molecule has 5 nitrogen and oxygen atoms in total. The summed E-state index contributed by atoms with van der Waals surface area (Å²) in [4.78, 5) is 19.0. The third kappa shape index (κ3) is 3.32. The Morgan fingerprint density at radius 1 is 1.52 bits per heavy atom. The number of hydrogen-bond acceptors (Lipinski definition) is 5. The fourth-order valence-corrected chi connectivity index (χ4v) is 4.13. The van der Waals surface area contributed by atoms with Crippen LogP contribution in [0.25, 0.3) is 0 Å². The van der Waals surface area contributed by atoms with Crippen molar-refractivity contribution in [2.45, 2.75) is 31.4 Å². The molecule has 2 saturated heterocycles. The molecule has 2 fully saturated rings. The Balaban J connectivity index is 1.79. The van der Waals surface area contributed by atoms with Crippen LogP contribution < -0.4 is 5.73 Å². The van der Waals surface area contributed by atoms with Gasteiger partial charge >= 0.3 is 0 Å². The minimum atomic E-state index is -0.0592. The molecule has 0 radical (unpaired) electrons. The first-order chi connectivity index (χ1) is 10.3. The van der Waals surface area contributed by atoms with Crippen molar-refractivity contribution in [2.75, 3.05) is 30.4 Å². The molecule has 2 aliphatic heterocycles. The van der Waals surface area contributed by atoms with E-state index >= 15 is 0 Å². The first-order valence-electron chi connectivity index (χ1n) is 7.46. The third-order valence-corrected chi connectivity index (χ3v) is 5.22. The number of anilines is 1. The van der Waals surface area contributed by atoms with E-state index in [-0.39, 0.29) is 18.1 Å². The summed E-state index contributed by atoms with van der Waals surface area (Å²) >= 11 is 1.90. The lowest BCUT2D eigenvalue weighted by Crippen LogP contribution is -2.45. The van der Waals surface area contributed by atoms with Gasteiger partial charge in [-0.05, 0) is 37.1 Å². The van der Waals surface area contributed by atoms with Crippen LogP contribution in [0, 0.1) is 0 Å². The predicted molar refractivity (Wildman–Crippen MR) is 84.4 cm³/mol. The van der Waals surface area contributed by atoms with E-state index < -0.39 is 0 Å². The Morgan fingerprint density at radius 3 is 3.10 bits per heavy atom. The van der Waals surface area contributed by atoms with Gasteiger partial charge in [0.1, 0.15) is 0 Å². The quantitative estimate of drug-likeness (QED) is 0.918. The third-order valence-electron chi connectivity index (χ3n) is 4.07. The number of thioether (sulfide) groups is 1. The van der Waals surface area contributed by atoms with Crippen molar-refractivity contribution in [3.8, 4) is 0 Å². The van der Waals surface area contributed by atoms with Crippen LogP contribution in [0.4, 0.5) is 5.69 Å². The first-order valence-corrected chi connectivity index (χ1v) is 8.62. The van der Waals surface area contributed by atoms with Gasteiger partial charge in [-0.25, -0.2) is 4.98 Å². The van der Waals surface area contributed by atoms with E-state index in [2.05, 4.69) is 4.98 Å². The lowest BCUT2D eigenvalue weighted by molar-refractivity contribution is 0.0438. The predicted octanol–water partition coefficient (Wildman–Crippen LogP) is 1.79. The van der Waals surface area contributed by atoms with Gasteiger partial charge in [-0.15, -0.1) is 0 Å². The van der Waals surface area contributed by atoms with E-state index in [9.17, 15) is 4.79 Å². The molecule has 0 aromatic carbocycles. The largest absolute Gasteiger partial charge is 0.397 e. The molecule has 2 atom stereocenters. The average Bonchev–Trinajstić information content (AvgIpc) is 3.18. The molecule has 1 aromatic rings. The van der Waals surface area contributed by atoms with Gasteiger partial charge < -0.3 is 15.4 Å². The minimum absolute atomic E-state index is 0.0592. The van der Waals surface area contributed by atoms with E-state index in [1.807, 2.05) is 16.7 Å². The normalized spacial score (nSPS) is 25.1. The van der Waals surface area contributed by atoms with Crippen molar-refractivity contribution in [2.24, 2.45) is 0 Å². The van der Waals surface area contributed by atoms with Crippen molar-refractivity contribution in [3.05, 3.63) is 24.0 Å². The maximum atomic E-state index is 12.9. The van der Waals surface area contributed by atoms with Crippen molar-refractivity contribution < 1.29 is 9.53 Å². The van der Waals surface area contributed by atoms with Crippen LogP contribution in [0.15, 0.2) is 18.3 Å². The molecule has 2 N–H and O–H groups in total. The van der Waals surface area contributed by atoms with Crippen molar-refractivity contribution in [3.63, 3.8) is 0 Å². The molecule has 0 aliphatic carbocycles. The summed E-state index contributed by atoms with van der Waals surface area (Å²) in [7, 11) is 0. The second-order valence-corrected chi connectivity index (χ2v) is 6.70. The maximum Gasteiger partial charge on any atom is 0.274 e. The monoisotopic (exact) mass is 307 g/mol. The van der Waals surface area contributed by atoms with Gasteiger partial charge in [-0.2, -0.15) is 11.8 Å². The molecular weight excluding hydrogens is 286 g/mol.